The quantitative estimate of drug-likeness (QED) is 0.630. The van der Waals surface area contributed by atoms with Crippen molar-refractivity contribution in [2.24, 2.45) is 0 Å². The summed E-state index contributed by atoms with van der Waals surface area (Å²) in [4.78, 5) is 22.6. The molecular weight excluding hydrogens is 292 g/mol. The summed E-state index contributed by atoms with van der Waals surface area (Å²) in [6.45, 7) is 1.91. The zero-order valence-electron chi connectivity index (χ0n) is 11.3. The minimum atomic E-state index is -1.12. The lowest BCUT2D eigenvalue weighted by Crippen LogP contribution is -2.19. The van der Waals surface area contributed by atoms with Crippen molar-refractivity contribution in [2.45, 2.75) is 19.4 Å². The van der Waals surface area contributed by atoms with E-state index >= 15 is 0 Å². The maximum atomic E-state index is 11.2. The first-order valence-corrected chi connectivity index (χ1v) is 7.16. The van der Waals surface area contributed by atoms with Crippen molar-refractivity contribution in [3.8, 4) is 0 Å². The number of hydrogen-bond acceptors (Lipinski definition) is 5. The molecule has 0 spiro atoms. The first-order valence-electron chi connectivity index (χ1n) is 6.28. The molecule has 0 radical (unpaired) electrons. The van der Waals surface area contributed by atoms with Crippen LogP contribution < -0.4 is 5.32 Å². The summed E-state index contributed by atoms with van der Waals surface area (Å²) in [5.41, 5.74) is 0.158. The molecule has 1 unspecified atom stereocenters. The van der Waals surface area contributed by atoms with Gasteiger partial charge in [-0.1, -0.05) is 6.07 Å². The van der Waals surface area contributed by atoms with E-state index < -0.39 is 10.9 Å². The third-order valence-corrected chi connectivity index (χ3v) is 3.83. The van der Waals surface area contributed by atoms with Crippen LogP contribution in [0.5, 0.6) is 0 Å². The fourth-order valence-electron chi connectivity index (χ4n) is 2.00. The number of nitrogens with one attached hydrogen (secondary N) is 1. The van der Waals surface area contributed by atoms with E-state index in [-0.39, 0.29) is 23.0 Å². The molecule has 7 heteroatoms. The Labute approximate surface area is 125 Å². The summed E-state index contributed by atoms with van der Waals surface area (Å²) >= 11 is 1.62. The highest BCUT2D eigenvalue weighted by Crippen LogP contribution is 2.24. The number of nitro groups is 1. The van der Waals surface area contributed by atoms with Crippen molar-refractivity contribution in [1.29, 1.82) is 0 Å². The largest absolute Gasteiger partial charge is 0.478 e. The third kappa shape index (κ3) is 3.79. The Balaban J connectivity index is 2.21. The van der Waals surface area contributed by atoms with Gasteiger partial charge in [0, 0.05) is 29.5 Å². The molecule has 2 aromatic rings. The van der Waals surface area contributed by atoms with Crippen molar-refractivity contribution in [2.75, 3.05) is 5.32 Å². The average Bonchev–Trinajstić information content (AvgIpc) is 2.90. The van der Waals surface area contributed by atoms with Crippen LogP contribution in [0.3, 0.4) is 0 Å². The first-order chi connectivity index (χ1) is 9.97. The average molecular weight is 306 g/mol. The lowest BCUT2D eigenvalue weighted by atomic mass is 10.1. The van der Waals surface area contributed by atoms with Crippen molar-refractivity contribution >= 4 is 28.7 Å². The Morgan fingerprint density at radius 1 is 1.48 bits per heavy atom. The fourth-order valence-corrected chi connectivity index (χ4v) is 2.83. The summed E-state index contributed by atoms with van der Waals surface area (Å²) in [6, 6.07) is 7.61. The van der Waals surface area contributed by atoms with Gasteiger partial charge >= 0.3 is 5.97 Å². The maximum Gasteiger partial charge on any atom is 0.337 e. The molecule has 1 aromatic heterocycles. The van der Waals surface area contributed by atoms with Crippen LogP contribution in [0.25, 0.3) is 0 Å². The molecule has 110 valence electrons. The second kappa shape index (κ2) is 6.36. The van der Waals surface area contributed by atoms with Gasteiger partial charge in [-0.2, -0.15) is 0 Å². The van der Waals surface area contributed by atoms with Gasteiger partial charge in [-0.15, -0.1) is 11.3 Å². The molecule has 1 atom stereocenters. The molecule has 0 bridgehead atoms. The smallest absolute Gasteiger partial charge is 0.337 e. The molecule has 21 heavy (non-hydrogen) atoms. The van der Waals surface area contributed by atoms with Gasteiger partial charge in [0.25, 0.3) is 5.69 Å². The molecule has 2 N–H and O–H groups in total. The number of rotatable bonds is 6. The van der Waals surface area contributed by atoms with Crippen molar-refractivity contribution in [3.63, 3.8) is 0 Å². The van der Waals surface area contributed by atoms with Crippen LogP contribution in [0.4, 0.5) is 11.4 Å². The van der Waals surface area contributed by atoms with E-state index in [0.29, 0.717) is 0 Å². The van der Waals surface area contributed by atoms with Gasteiger partial charge in [-0.3, -0.25) is 10.1 Å². The number of nitrogens with zero attached hydrogens (tertiary/aromatic N) is 1. The number of carbonyl (C=O) groups is 1. The lowest BCUT2D eigenvalue weighted by molar-refractivity contribution is -0.384. The Morgan fingerprint density at radius 3 is 2.81 bits per heavy atom. The molecular formula is C14H14N2O4S. The van der Waals surface area contributed by atoms with Gasteiger partial charge in [0.1, 0.15) is 0 Å². The fraction of sp³-hybridized carbons (Fsp3) is 0.214. The molecule has 0 fully saturated rings. The molecule has 2 rings (SSSR count). The number of hydrogen-bond donors (Lipinski definition) is 2. The number of benzene rings is 1. The highest BCUT2D eigenvalue weighted by molar-refractivity contribution is 7.09. The van der Waals surface area contributed by atoms with Crippen molar-refractivity contribution in [3.05, 3.63) is 56.3 Å². The lowest BCUT2D eigenvalue weighted by Gasteiger charge is -2.16. The number of nitro benzene ring substituents is 1. The first kappa shape index (κ1) is 15.0. The molecule has 0 saturated heterocycles. The third-order valence-electron chi connectivity index (χ3n) is 2.93. The number of anilines is 1. The van der Waals surface area contributed by atoms with Crippen LogP contribution in [0, 0.1) is 10.1 Å². The van der Waals surface area contributed by atoms with Gasteiger partial charge in [-0.05, 0) is 24.4 Å². The summed E-state index contributed by atoms with van der Waals surface area (Å²) in [5, 5.41) is 25.0. The monoisotopic (exact) mass is 306 g/mol. The summed E-state index contributed by atoms with van der Waals surface area (Å²) in [5.74, 6) is -1.12. The Hall–Kier alpha value is -2.41. The van der Waals surface area contributed by atoms with Gasteiger partial charge < -0.3 is 10.4 Å². The molecule has 1 heterocycles. The predicted octanol–water partition coefficient (Wildman–Crippen LogP) is 3.40. The maximum absolute atomic E-state index is 11.2. The number of carboxylic acids is 1. The van der Waals surface area contributed by atoms with Crippen LogP contribution in [-0.4, -0.2) is 22.0 Å². The van der Waals surface area contributed by atoms with E-state index in [1.165, 1.54) is 18.2 Å². The number of thiophene rings is 1. The highest BCUT2D eigenvalue weighted by atomic mass is 32.1. The zero-order valence-corrected chi connectivity index (χ0v) is 12.1. The van der Waals surface area contributed by atoms with Gasteiger partial charge in [0.2, 0.25) is 0 Å². The minimum Gasteiger partial charge on any atom is -0.478 e. The number of non-ortho nitro benzene ring substituents is 1. The topological polar surface area (TPSA) is 92.5 Å². The van der Waals surface area contributed by atoms with Crippen LogP contribution in [0.1, 0.15) is 22.2 Å². The molecule has 0 aliphatic rings. The van der Waals surface area contributed by atoms with Crippen molar-refractivity contribution in [1.82, 2.24) is 0 Å². The van der Waals surface area contributed by atoms with E-state index in [4.69, 9.17) is 5.11 Å². The van der Waals surface area contributed by atoms with Crippen LogP contribution in [-0.2, 0) is 6.42 Å². The minimum absolute atomic E-state index is 0.0265. The number of carboxylic acid groups (broad SMARTS) is 1. The summed E-state index contributed by atoms with van der Waals surface area (Å²) in [6.07, 6.45) is 0.722. The van der Waals surface area contributed by atoms with Gasteiger partial charge in [0.05, 0.1) is 16.2 Å². The van der Waals surface area contributed by atoms with Gasteiger partial charge in [-0.25, -0.2) is 4.79 Å². The van der Waals surface area contributed by atoms with Crippen molar-refractivity contribution < 1.29 is 14.8 Å². The van der Waals surface area contributed by atoms with E-state index in [1.807, 2.05) is 24.4 Å². The molecule has 0 aliphatic carbocycles. The van der Waals surface area contributed by atoms with Crippen LogP contribution in [0.2, 0.25) is 0 Å². The molecule has 6 nitrogen and oxygen atoms in total. The molecule has 1 aromatic carbocycles. The van der Waals surface area contributed by atoms with E-state index in [1.54, 1.807) is 11.3 Å². The van der Waals surface area contributed by atoms with E-state index in [2.05, 4.69) is 5.32 Å². The second-order valence-corrected chi connectivity index (χ2v) is 5.65. The Kier molecular flexibility index (Phi) is 4.54. The standard InChI is InChI=1S/C14H14N2O4S/c1-9(7-11-3-2-6-21-11)15-13-8-10(16(19)20)4-5-12(13)14(17)18/h2-6,8-9,15H,7H2,1H3,(H,17,18). The Bertz CT molecular complexity index is 655. The Morgan fingerprint density at radius 2 is 2.24 bits per heavy atom. The number of aromatic carboxylic acids is 1. The van der Waals surface area contributed by atoms with Crippen LogP contribution >= 0.6 is 11.3 Å². The zero-order chi connectivity index (χ0) is 15.4. The predicted molar refractivity (Wildman–Crippen MR) is 81.2 cm³/mol. The second-order valence-electron chi connectivity index (χ2n) is 4.62. The summed E-state index contributed by atoms with van der Waals surface area (Å²) < 4.78 is 0. The summed E-state index contributed by atoms with van der Waals surface area (Å²) in [7, 11) is 0. The highest BCUT2D eigenvalue weighted by Gasteiger charge is 2.17. The molecule has 0 aliphatic heterocycles. The SMILES string of the molecule is CC(Cc1cccs1)Nc1cc([N+](=O)[O-])ccc1C(=O)O. The van der Waals surface area contributed by atoms with Crippen LogP contribution in [0.15, 0.2) is 35.7 Å². The normalized spacial score (nSPS) is 11.9. The molecule has 0 amide bonds. The van der Waals surface area contributed by atoms with Gasteiger partial charge in [0.15, 0.2) is 0 Å². The van der Waals surface area contributed by atoms with E-state index in [9.17, 15) is 14.9 Å². The van der Waals surface area contributed by atoms with E-state index in [0.717, 1.165) is 11.3 Å². The molecule has 0 saturated carbocycles.